The van der Waals surface area contributed by atoms with E-state index in [0.29, 0.717) is 0 Å². The minimum absolute atomic E-state index is 0.154. The van der Waals surface area contributed by atoms with Crippen LogP contribution in [0.2, 0.25) is 0 Å². The first-order valence-corrected chi connectivity index (χ1v) is 16.6. The van der Waals surface area contributed by atoms with Gasteiger partial charge in [0.05, 0.1) is 16.7 Å². The van der Waals surface area contributed by atoms with Gasteiger partial charge in [0.1, 0.15) is 0 Å². The lowest BCUT2D eigenvalue weighted by molar-refractivity contribution is 0.477. The molecule has 0 fully saturated rings. The predicted octanol–water partition coefficient (Wildman–Crippen LogP) is 12.3. The summed E-state index contributed by atoms with van der Waals surface area (Å²) < 4.78 is 9.02. The molecule has 1 aliphatic carbocycles. The summed E-state index contributed by atoms with van der Waals surface area (Å²) in [5.41, 5.74) is 14.3. The van der Waals surface area contributed by atoms with Gasteiger partial charge < -0.3 is 14.2 Å². The summed E-state index contributed by atoms with van der Waals surface area (Å²) >= 11 is 0. The van der Waals surface area contributed by atoms with Crippen molar-refractivity contribution in [3.8, 4) is 39.4 Å². The number of fused-ring (bicyclic) bond motifs is 8. The normalized spacial score (nSPS) is 13.5. The van der Waals surface area contributed by atoms with Crippen molar-refractivity contribution in [3.63, 3.8) is 0 Å². The van der Waals surface area contributed by atoms with Crippen LogP contribution in [-0.4, -0.2) is 4.57 Å². The van der Waals surface area contributed by atoms with Crippen LogP contribution >= 0.6 is 0 Å². The van der Waals surface area contributed by atoms with E-state index in [-0.39, 0.29) is 5.41 Å². The van der Waals surface area contributed by atoms with E-state index in [1.807, 2.05) is 0 Å². The number of aromatic nitrogens is 1. The Morgan fingerprint density at radius 3 is 1.98 bits per heavy atom. The highest BCUT2D eigenvalue weighted by atomic mass is 16.5. The number of rotatable bonds is 4. The first-order valence-electron chi connectivity index (χ1n) is 16.6. The molecule has 3 nitrogen and oxygen atoms in total. The van der Waals surface area contributed by atoms with Crippen LogP contribution in [0.4, 0.5) is 17.1 Å². The zero-order valence-electron chi connectivity index (χ0n) is 26.8. The third kappa shape index (κ3) is 3.76. The first-order chi connectivity index (χ1) is 23.6. The molecule has 0 N–H and O–H groups in total. The molecule has 1 aliphatic heterocycles. The Kier molecular flexibility index (Phi) is 5.63. The monoisotopic (exact) mass is 616 g/mol. The Bertz CT molecular complexity index is 2520. The van der Waals surface area contributed by atoms with Crippen molar-refractivity contribution in [2.75, 3.05) is 4.90 Å². The van der Waals surface area contributed by atoms with Crippen molar-refractivity contribution < 1.29 is 4.74 Å². The summed E-state index contributed by atoms with van der Waals surface area (Å²) in [7, 11) is 0. The average molecular weight is 617 g/mol. The molecule has 0 amide bonds. The second kappa shape index (κ2) is 9.97. The van der Waals surface area contributed by atoms with Crippen LogP contribution < -0.4 is 9.64 Å². The number of ether oxygens (including phenoxy) is 1. The second-order valence-corrected chi connectivity index (χ2v) is 13.4. The highest BCUT2D eigenvalue weighted by molar-refractivity contribution is 6.12. The Balaban J connectivity index is 1.14. The summed E-state index contributed by atoms with van der Waals surface area (Å²) in [4.78, 5) is 2.35. The Morgan fingerprint density at radius 2 is 1.19 bits per heavy atom. The van der Waals surface area contributed by atoms with Gasteiger partial charge in [0.2, 0.25) is 0 Å². The third-order valence-corrected chi connectivity index (χ3v) is 10.4. The van der Waals surface area contributed by atoms with Crippen LogP contribution in [0.1, 0.15) is 25.0 Å². The van der Waals surface area contributed by atoms with Crippen LogP contribution in [0.3, 0.4) is 0 Å². The molecule has 0 saturated carbocycles. The summed E-state index contributed by atoms with van der Waals surface area (Å²) in [6, 6.07) is 56.8. The molecule has 0 atom stereocenters. The number of hydrogen-bond donors (Lipinski definition) is 0. The summed E-state index contributed by atoms with van der Waals surface area (Å²) in [6.07, 6.45) is 0. The first kappa shape index (κ1) is 27.1. The van der Waals surface area contributed by atoms with E-state index >= 15 is 0 Å². The van der Waals surface area contributed by atoms with E-state index < -0.39 is 0 Å². The largest absolute Gasteiger partial charge is 0.453 e. The Labute approximate surface area is 279 Å². The van der Waals surface area contributed by atoms with Gasteiger partial charge in [-0.1, -0.05) is 111 Å². The van der Waals surface area contributed by atoms with E-state index in [4.69, 9.17) is 4.74 Å². The van der Waals surface area contributed by atoms with Gasteiger partial charge in [-0.3, -0.25) is 0 Å². The molecule has 7 aromatic carbocycles. The van der Waals surface area contributed by atoms with E-state index in [9.17, 15) is 0 Å². The molecule has 1 aromatic heterocycles. The molecule has 8 aromatic rings. The van der Waals surface area contributed by atoms with Crippen molar-refractivity contribution in [1.29, 1.82) is 0 Å². The lowest BCUT2D eigenvalue weighted by Crippen LogP contribution is -2.16. The zero-order valence-corrected chi connectivity index (χ0v) is 26.8. The maximum atomic E-state index is 6.61. The van der Waals surface area contributed by atoms with Gasteiger partial charge in [0, 0.05) is 38.8 Å². The minimum Gasteiger partial charge on any atom is -0.453 e. The van der Waals surface area contributed by atoms with Gasteiger partial charge in [-0.05, 0) is 88.5 Å². The molecule has 0 saturated heterocycles. The van der Waals surface area contributed by atoms with Crippen LogP contribution in [-0.2, 0) is 5.41 Å². The van der Waals surface area contributed by atoms with Crippen molar-refractivity contribution in [2.45, 2.75) is 19.3 Å². The highest BCUT2D eigenvalue weighted by Gasteiger charge is 2.37. The number of nitrogens with zero attached hydrogens (tertiary/aromatic N) is 2. The fourth-order valence-electron chi connectivity index (χ4n) is 8.14. The number of benzene rings is 7. The zero-order chi connectivity index (χ0) is 32.0. The van der Waals surface area contributed by atoms with Gasteiger partial charge in [0.25, 0.3) is 0 Å². The van der Waals surface area contributed by atoms with Crippen LogP contribution in [0.15, 0.2) is 158 Å². The summed E-state index contributed by atoms with van der Waals surface area (Å²) in [5.74, 6) is 1.77. The second-order valence-electron chi connectivity index (χ2n) is 13.4. The van der Waals surface area contributed by atoms with Crippen LogP contribution in [0.5, 0.6) is 11.5 Å². The van der Waals surface area contributed by atoms with E-state index in [0.717, 1.165) is 45.3 Å². The molecule has 0 bridgehead atoms. The maximum absolute atomic E-state index is 6.61. The lowest BCUT2D eigenvalue weighted by atomic mass is 9.82. The van der Waals surface area contributed by atoms with Gasteiger partial charge in [-0.2, -0.15) is 0 Å². The quantitative estimate of drug-likeness (QED) is 0.196. The Morgan fingerprint density at radius 1 is 0.500 bits per heavy atom. The molecule has 228 valence electrons. The summed E-state index contributed by atoms with van der Waals surface area (Å²) in [6.45, 7) is 4.71. The molecule has 0 spiro atoms. The molecule has 2 heterocycles. The number of para-hydroxylation sites is 5. The smallest absolute Gasteiger partial charge is 0.152 e. The van der Waals surface area contributed by atoms with Crippen LogP contribution in [0, 0.1) is 0 Å². The molecule has 10 rings (SSSR count). The van der Waals surface area contributed by atoms with Crippen molar-refractivity contribution >= 4 is 38.9 Å². The minimum atomic E-state index is -0.154. The SMILES string of the molecule is CC1(C)c2ccc(-c3cccc4c3-n3c5ccccc5c5cccc(c53)O4)cc2-c2ccc(N(c3ccccc3)c3ccccc3)cc21. The Hall–Kier alpha value is -6.06. The average Bonchev–Trinajstić information content (AvgIpc) is 3.58. The molecule has 0 unspecified atom stereocenters. The molecule has 48 heavy (non-hydrogen) atoms. The van der Waals surface area contributed by atoms with Crippen molar-refractivity contribution in [3.05, 3.63) is 169 Å². The topological polar surface area (TPSA) is 17.4 Å². The molecule has 2 aliphatic rings. The summed E-state index contributed by atoms with van der Waals surface area (Å²) in [5, 5.41) is 2.45. The molecule has 0 radical (unpaired) electrons. The van der Waals surface area contributed by atoms with Gasteiger partial charge >= 0.3 is 0 Å². The molecular weight excluding hydrogens is 585 g/mol. The fraction of sp³-hybridized carbons (Fsp3) is 0.0667. The molecular formula is C45H32N2O. The third-order valence-electron chi connectivity index (χ3n) is 10.4. The van der Waals surface area contributed by atoms with Gasteiger partial charge in [-0.25, -0.2) is 0 Å². The highest BCUT2D eigenvalue weighted by Crippen LogP contribution is 2.53. The maximum Gasteiger partial charge on any atom is 0.152 e. The fourth-order valence-corrected chi connectivity index (χ4v) is 8.14. The van der Waals surface area contributed by atoms with Crippen LogP contribution in [0.25, 0.3) is 49.7 Å². The predicted molar refractivity (Wildman–Crippen MR) is 199 cm³/mol. The van der Waals surface area contributed by atoms with E-state index in [2.05, 4.69) is 181 Å². The molecule has 3 heteroatoms. The standard InChI is InChI=1S/C45H32N2O/c1-45(2)38-26-23-29(33-18-11-21-41-43(33)47-40-20-10-9-17-35(40)36-19-12-22-42(48-41)44(36)47)27-37(38)34-25-24-32(28-39(34)45)46(30-13-5-3-6-14-30)31-15-7-4-8-16-31/h3-28H,1-2H3. The van der Waals surface area contributed by atoms with Crippen molar-refractivity contribution in [2.24, 2.45) is 0 Å². The number of hydrogen-bond acceptors (Lipinski definition) is 2. The van der Waals surface area contributed by atoms with Gasteiger partial charge in [0.15, 0.2) is 11.5 Å². The van der Waals surface area contributed by atoms with Crippen molar-refractivity contribution in [1.82, 2.24) is 4.57 Å². The number of anilines is 3. The van der Waals surface area contributed by atoms with E-state index in [1.54, 1.807) is 0 Å². The van der Waals surface area contributed by atoms with E-state index in [1.165, 1.54) is 44.1 Å². The van der Waals surface area contributed by atoms with Gasteiger partial charge in [-0.15, -0.1) is 0 Å². The lowest BCUT2D eigenvalue weighted by Gasteiger charge is -2.28.